The first-order chi connectivity index (χ1) is 66.6. The molecule has 690 valence electrons. The Morgan fingerprint density at radius 2 is 0.686 bits per heavy atom. The van der Waals surface area contributed by atoms with Crippen LogP contribution in [0.1, 0.15) is 128 Å². The molecule has 18 heterocycles. The number of carbonyl (C=O) groups is 4. The first kappa shape index (κ1) is 84.6. The number of hydrogen-bond acceptors (Lipinski definition) is 23. The fourth-order valence-electron chi connectivity index (χ4n) is 20.3. The zero-order valence-corrected chi connectivity index (χ0v) is 72.0. The zero-order valence-electron chi connectivity index (χ0n) is 72.0. The molecule has 7 atom stereocenters. The normalized spacial score (nSPS) is 19.2. The summed E-state index contributed by atoms with van der Waals surface area (Å²) in [6.07, 6.45) is 6.40. The maximum Gasteiger partial charge on any atom is 0.519 e. The van der Waals surface area contributed by atoms with Gasteiger partial charge in [0.25, 0.3) is 24.0 Å². The summed E-state index contributed by atoms with van der Waals surface area (Å²) in [4.78, 5) is 123. The lowest BCUT2D eigenvalue weighted by atomic mass is 9.91. The van der Waals surface area contributed by atoms with E-state index in [9.17, 15) is 56.3 Å². The minimum Gasteiger partial charge on any atom is -0.479 e. The van der Waals surface area contributed by atoms with Gasteiger partial charge in [-0.3, -0.25) is 57.8 Å². The fourth-order valence-corrected chi connectivity index (χ4v) is 20.3. The van der Waals surface area contributed by atoms with Gasteiger partial charge in [0.1, 0.15) is 49.8 Å². The Kier molecular flexibility index (Phi) is 20.4. The van der Waals surface area contributed by atoms with Gasteiger partial charge >= 0.3 is 17.6 Å². The van der Waals surface area contributed by atoms with E-state index in [0.717, 1.165) is 52.0 Å². The second kappa shape index (κ2) is 32.9. The number of ether oxygens (including phenoxy) is 7. The van der Waals surface area contributed by atoms with Crippen molar-refractivity contribution in [1.29, 1.82) is 0 Å². The van der Waals surface area contributed by atoms with Gasteiger partial charge in [0, 0.05) is 114 Å². The number of fused-ring (bicyclic) bond motifs is 22. The molecule has 25 rings (SSSR count). The quantitative estimate of drug-likeness (QED) is 0.0857. The number of cyclic esters (lactones) is 1. The lowest BCUT2D eigenvalue weighted by Crippen LogP contribution is -2.66. The van der Waals surface area contributed by atoms with Crippen LogP contribution in [0, 0.1) is 48.8 Å². The van der Waals surface area contributed by atoms with Gasteiger partial charge in [-0.25, -0.2) is 40.7 Å². The van der Waals surface area contributed by atoms with Crippen LogP contribution < -0.4 is 57.2 Å². The average Bonchev–Trinajstić information content (AvgIpc) is 1.66. The highest BCUT2D eigenvalue weighted by molar-refractivity contribution is 5.99. The smallest absolute Gasteiger partial charge is 0.479 e. The van der Waals surface area contributed by atoms with Crippen LogP contribution in [-0.4, -0.2) is 144 Å². The number of pyridine rings is 3. The second-order valence-electron chi connectivity index (χ2n) is 33.4. The van der Waals surface area contributed by atoms with Crippen molar-refractivity contribution in [2.24, 2.45) is 0 Å². The Hall–Kier alpha value is -16.6. The summed E-state index contributed by atoms with van der Waals surface area (Å²) in [5, 5.41) is 5.53. The number of esters is 1. The summed E-state index contributed by atoms with van der Waals surface area (Å²) >= 11 is 0. The molecule has 0 N–H and O–H groups in total. The van der Waals surface area contributed by atoms with Crippen LogP contribution >= 0.6 is 0 Å². The SMILES string of the molecule is Cc1oc(=O)oc1COc1c2n(ccc1=O)N(C1c3ccccc3-n3cccc3-c3c1ccc(F)c3F)C1COCCN1C2=O.Cc1oc(=O)oc1COc1c2n(ccc1=O)N([C@@H]1c3ccccc3-n3cccc3-c3c1ccc(F)c3F)[C@@H]1COCCN1C2=O.O=C1OC(Oc2c3n(ccc2=O)N([C@@H]2c4ccccc4-n4cccc4-c4c2ccc(F)c4F)[C@@H]2COCCN2C3=O)c2ccccc21. The second-order valence-corrected chi connectivity index (χ2v) is 33.4. The average molecular weight is 1860 g/mol. The highest BCUT2D eigenvalue weighted by Crippen LogP contribution is 2.52. The minimum atomic E-state index is -1.26. The van der Waals surface area contributed by atoms with E-state index in [2.05, 4.69) is 0 Å². The Morgan fingerprint density at radius 3 is 1.04 bits per heavy atom. The molecule has 0 aliphatic carbocycles. The molecule has 0 bridgehead atoms. The first-order valence-corrected chi connectivity index (χ1v) is 43.5. The molecule has 10 aliphatic heterocycles. The van der Waals surface area contributed by atoms with Crippen molar-refractivity contribution < 1.29 is 96.3 Å². The van der Waals surface area contributed by atoms with Gasteiger partial charge < -0.3 is 79.2 Å². The van der Waals surface area contributed by atoms with Crippen LogP contribution in [0.2, 0.25) is 0 Å². The lowest BCUT2D eigenvalue weighted by Gasteiger charge is -2.51. The molecule has 10 aliphatic rings. The third-order valence-corrected chi connectivity index (χ3v) is 26.3. The van der Waals surface area contributed by atoms with Gasteiger partial charge in [-0.1, -0.05) is 91.0 Å². The van der Waals surface area contributed by atoms with Gasteiger partial charge in [-0.15, -0.1) is 0 Å². The van der Waals surface area contributed by atoms with Gasteiger partial charge in [0.15, 0.2) is 86.5 Å². The van der Waals surface area contributed by atoms with Crippen LogP contribution in [0.4, 0.5) is 26.3 Å². The predicted octanol–water partition coefficient (Wildman–Crippen LogP) is 12.4. The third kappa shape index (κ3) is 13.4. The molecule has 0 spiro atoms. The van der Waals surface area contributed by atoms with Crippen molar-refractivity contribution in [2.75, 3.05) is 74.3 Å². The van der Waals surface area contributed by atoms with Crippen molar-refractivity contribution >= 4 is 23.7 Å². The molecule has 8 aromatic heterocycles. The van der Waals surface area contributed by atoms with Gasteiger partial charge in [-0.05, 0) is 109 Å². The Morgan fingerprint density at radius 1 is 0.350 bits per heavy atom. The summed E-state index contributed by atoms with van der Waals surface area (Å²) in [7, 11) is 0. The number of para-hydroxylation sites is 3. The maximum absolute atomic E-state index is 16.0. The van der Waals surface area contributed by atoms with E-state index in [1.165, 1.54) is 64.7 Å². The zero-order chi connectivity index (χ0) is 93.9. The number of hydrogen-bond donors (Lipinski definition) is 0. The van der Waals surface area contributed by atoms with Crippen molar-refractivity contribution in [3.8, 4) is 68.1 Å². The topological polar surface area (TPSA) is 320 Å². The first-order valence-electron chi connectivity index (χ1n) is 43.5. The van der Waals surface area contributed by atoms with Crippen LogP contribution in [0.3, 0.4) is 0 Å². The molecular weight excluding hydrogens is 1790 g/mol. The number of nitrogens with zero attached hydrogens (tertiary/aromatic N) is 12. The fraction of sp³-hybridized carbons (Fsp3) is 0.202. The van der Waals surface area contributed by atoms with Crippen molar-refractivity contribution in [1.82, 2.24) is 42.4 Å². The molecule has 0 saturated carbocycles. The molecule has 15 aromatic rings. The predicted molar refractivity (Wildman–Crippen MR) is 470 cm³/mol. The van der Waals surface area contributed by atoms with E-state index < -0.39 is 129 Å². The van der Waals surface area contributed by atoms with E-state index in [-0.39, 0.29) is 147 Å². The molecule has 7 aromatic carbocycles. The highest BCUT2D eigenvalue weighted by Gasteiger charge is 2.53. The van der Waals surface area contributed by atoms with E-state index in [1.54, 1.807) is 112 Å². The number of morpholine rings is 3. The number of halogens is 6. The number of benzene rings is 7. The van der Waals surface area contributed by atoms with Crippen LogP contribution in [-0.2, 0) is 32.2 Å². The Labute approximate surface area is 767 Å². The van der Waals surface area contributed by atoms with E-state index in [1.807, 2.05) is 102 Å². The summed E-state index contributed by atoms with van der Waals surface area (Å²) in [6.45, 7) is 4.02. The maximum atomic E-state index is 16.0. The molecule has 38 heteroatoms. The number of carbonyl (C=O) groups excluding carboxylic acids is 4. The summed E-state index contributed by atoms with van der Waals surface area (Å²) in [5.74, 6) is -10.2. The van der Waals surface area contributed by atoms with Gasteiger partial charge in [-0.2, -0.15) is 0 Å². The minimum absolute atomic E-state index is 0.0670. The van der Waals surface area contributed by atoms with E-state index in [4.69, 9.17) is 50.8 Å². The highest BCUT2D eigenvalue weighted by atomic mass is 19.2. The lowest BCUT2D eigenvalue weighted by molar-refractivity contribution is -0.0417. The summed E-state index contributed by atoms with van der Waals surface area (Å²) in [6, 6.07) is 49.0. The third-order valence-electron chi connectivity index (χ3n) is 26.3. The standard InChI is InChI=1S/C35H24F2N4O6.2C32H24F2N4O7/c36-23-12-11-22-28(29(23)37)25-10-5-14-38(25)24-9-4-3-8-21(24)30(22)41-27-18-45-17-16-39(27)33(43)31-32(26(42)13-15-40(31)41)46-35-20-7-2-1-6-19(20)34(44)47-35;2*1-17-24(45-32(41)44-17)15-43-30-23(39)10-12-37-29(30)31(40)36-13-14-42-16-25(36)38(37)28-18-5-2-3-6-21(18)35-11-4-7-22(35)26-19(28)8-9-20(33)27(26)34/h1-15,27,30,35H,16-18H2;2*2-12,25,28H,13-16H2,1H3/t27-,30-,35?;25-,28-;/m11./s1. The number of amides is 3. The van der Waals surface area contributed by atoms with E-state index in [0.29, 0.717) is 44.9 Å². The van der Waals surface area contributed by atoms with Crippen LogP contribution in [0.25, 0.3) is 50.8 Å². The monoisotopic (exact) mass is 1860 g/mol. The van der Waals surface area contributed by atoms with Gasteiger partial charge in [0.05, 0.1) is 79.3 Å². The summed E-state index contributed by atoms with van der Waals surface area (Å²) in [5.41, 5.74) is 6.07. The van der Waals surface area contributed by atoms with Gasteiger partial charge in [0.2, 0.25) is 22.0 Å². The molecule has 3 amide bonds. The van der Waals surface area contributed by atoms with Crippen molar-refractivity contribution in [3.63, 3.8) is 0 Å². The molecule has 32 nitrogen and oxygen atoms in total. The Balaban J connectivity index is 0.000000115. The number of aromatic nitrogens is 6. The summed E-state index contributed by atoms with van der Waals surface area (Å²) < 4.78 is 163. The largest absolute Gasteiger partial charge is 0.519 e. The number of rotatable bonds is 11. The van der Waals surface area contributed by atoms with Crippen molar-refractivity contribution in [2.45, 2.75) is 70.0 Å². The molecule has 0 radical (unpaired) electrons. The molecule has 3 unspecified atom stereocenters. The molecule has 3 fully saturated rings. The Bertz CT molecular complexity index is 7620. The van der Waals surface area contributed by atoms with Crippen LogP contribution in [0.5, 0.6) is 17.2 Å². The molecule has 137 heavy (non-hydrogen) atoms. The number of aryl methyl sites for hydroxylation is 2. The van der Waals surface area contributed by atoms with Crippen molar-refractivity contribution in [3.05, 3.63) is 397 Å². The molecule has 3 saturated heterocycles. The van der Waals surface area contributed by atoms with E-state index >= 15 is 13.2 Å². The van der Waals surface area contributed by atoms with Crippen LogP contribution in [0.15, 0.2) is 267 Å². The molecular formula is C99H72F6N12O20.